The van der Waals surface area contributed by atoms with Gasteiger partial charge in [-0.05, 0) is 36.8 Å². The molecule has 0 saturated heterocycles. The predicted octanol–water partition coefficient (Wildman–Crippen LogP) is 2.89. The first-order valence-electron chi connectivity index (χ1n) is 4.85. The molecular weight excluding hydrogens is 184 g/mol. The summed E-state index contributed by atoms with van der Waals surface area (Å²) in [6.45, 7) is 5.44. The largest absolute Gasteiger partial charge is 0.292 e. The van der Waals surface area contributed by atoms with Crippen LogP contribution in [-0.4, -0.2) is 11.4 Å². The van der Waals surface area contributed by atoms with Crippen molar-refractivity contribution in [2.45, 2.75) is 19.8 Å². The van der Waals surface area contributed by atoms with Gasteiger partial charge in [0.15, 0.2) is 0 Å². The van der Waals surface area contributed by atoms with Crippen LogP contribution in [0.3, 0.4) is 0 Å². The number of nitrogens with zero attached hydrogens (tertiary/aromatic N) is 1. The van der Waals surface area contributed by atoms with Crippen molar-refractivity contribution in [3.63, 3.8) is 0 Å². The van der Waals surface area contributed by atoms with Gasteiger partial charge in [-0.3, -0.25) is 10.4 Å². The summed E-state index contributed by atoms with van der Waals surface area (Å²) in [6, 6.07) is 0. The van der Waals surface area contributed by atoms with Crippen LogP contribution in [0.25, 0.3) is 0 Å². The Kier molecular flexibility index (Phi) is 4.30. The van der Waals surface area contributed by atoms with Gasteiger partial charge in [-0.25, -0.2) is 0 Å². The highest BCUT2D eigenvalue weighted by molar-refractivity contribution is 6.14. The zero-order valence-corrected chi connectivity index (χ0v) is 8.88. The first-order valence-corrected chi connectivity index (χ1v) is 4.85. The van der Waals surface area contributed by atoms with Crippen molar-refractivity contribution in [1.29, 1.82) is 5.41 Å². The van der Waals surface area contributed by atoms with Crippen molar-refractivity contribution in [3.05, 3.63) is 36.6 Å². The number of rotatable bonds is 1. The Morgan fingerprint density at radius 3 is 3.07 bits per heavy atom. The average molecular weight is 198 g/mol. The minimum absolute atomic E-state index is 0.277. The van der Waals surface area contributed by atoms with Crippen LogP contribution >= 0.6 is 0 Å². The minimum Gasteiger partial charge on any atom is -0.292 e. The lowest BCUT2D eigenvalue weighted by molar-refractivity contribution is 1.10. The SMILES string of the molecule is C=C(C)C(=N)C#C/C1=N/C=C\C=C/CC1. The van der Waals surface area contributed by atoms with E-state index in [9.17, 15) is 0 Å². The van der Waals surface area contributed by atoms with Gasteiger partial charge >= 0.3 is 0 Å². The molecule has 1 heterocycles. The lowest BCUT2D eigenvalue weighted by atomic mass is 10.1. The van der Waals surface area contributed by atoms with Crippen molar-refractivity contribution in [3.8, 4) is 11.8 Å². The molecule has 15 heavy (non-hydrogen) atoms. The van der Waals surface area contributed by atoms with Crippen molar-refractivity contribution >= 4 is 11.4 Å². The highest BCUT2D eigenvalue weighted by atomic mass is 14.7. The maximum atomic E-state index is 7.50. The molecule has 1 aliphatic rings. The van der Waals surface area contributed by atoms with E-state index >= 15 is 0 Å². The van der Waals surface area contributed by atoms with Crippen LogP contribution in [0.15, 0.2) is 41.6 Å². The Bertz CT molecular complexity index is 412. The Morgan fingerprint density at radius 1 is 1.53 bits per heavy atom. The summed E-state index contributed by atoms with van der Waals surface area (Å²) in [7, 11) is 0. The molecule has 0 radical (unpaired) electrons. The second kappa shape index (κ2) is 5.77. The summed E-state index contributed by atoms with van der Waals surface area (Å²) in [5, 5.41) is 7.50. The molecule has 0 saturated carbocycles. The van der Waals surface area contributed by atoms with Crippen LogP contribution in [0.1, 0.15) is 19.8 Å². The lowest BCUT2D eigenvalue weighted by Crippen LogP contribution is -1.97. The van der Waals surface area contributed by atoms with Crippen LogP contribution in [0, 0.1) is 17.3 Å². The van der Waals surface area contributed by atoms with E-state index in [1.807, 2.05) is 12.2 Å². The van der Waals surface area contributed by atoms with Crippen molar-refractivity contribution < 1.29 is 0 Å². The van der Waals surface area contributed by atoms with Crippen LogP contribution in [0.4, 0.5) is 0 Å². The summed E-state index contributed by atoms with van der Waals surface area (Å²) >= 11 is 0. The molecule has 0 aromatic carbocycles. The number of nitrogens with one attached hydrogen (secondary N) is 1. The Morgan fingerprint density at radius 2 is 2.33 bits per heavy atom. The van der Waals surface area contributed by atoms with E-state index in [2.05, 4.69) is 29.5 Å². The zero-order chi connectivity index (χ0) is 11.1. The molecule has 0 bridgehead atoms. The number of hydrogen-bond acceptors (Lipinski definition) is 2. The fourth-order valence-corrected chi connectivity index (χ4v) is 0.978. The molecule has 0 unspecified atom stereocenters. The zero-order valence-electron chi connectivity index (χ0n) is 8.88. The quantitative estimate of drug-likeness (QED) is 0.497. The van der Waals surface area contributed by atoms with Gasteiger partial charge in [0.1, 0.15) is 5.71 Å². The van der Waals surface area contributed by atoms with Gasteiger partial charge in [0.25, 0.3) is 0 Å². The fourth-order valence-electron chi connectivity index (χ4n) is 0.978. The summed E-state index contributed by atoms with van der Waals surface area (Å²) in [4.78, 5) is 4.20. The van der Waals surface area contributed by atoms with E-state index in [1.54, 1.807) is 13.1 Å². The maximum Gasteiger partial charge on any atom is 0.107 e. The van der Waals surface area contributed by atoms with Gasteiger partial charge in [-0.1, -0.05) is 18.7 Å². The lowest BCUT2D eigenvalue weighted by Gasteiger charge is -1.96. The summed E-state index contributed by atoms with van der Waals surface area (Å²) in [6.07, 6.45) is 9.44. The third kappa shape index (κ3) is 4.24. The van der Waals surface area contributed by atoms with E-state index in [1.165, 1.54) is 0 Å². The van der Waals surface area contributed by atoms with Gasteiger partial charge in [0, 0.05) is 12.6 Å². The molecule has 1 aliphatic heterocycles. The van der Waals surface area contributed by atoms with Crippen LogP contribution in [0.2, 0.25) is 0 Å². The van der Waals surface area contributed by atoms with Gasteiger partial charge in [0.05, 0.1) is 5.71 Å². The Balaban J connectivity index is 2.73. The summed E-state index contributed by atoms with van der Waals surface area (Å²) < 4.78 is 0. The fraction of sp³-hybridized carbons (Fsp3) is 0.231. The smallest absolute Gasteiger partial charge is 0.107 e. The second-order valence-electron chi connectivity index (χ2n) is 3.29. The average Bonchev–Trinajstić information content (AvgIpc) is 2.15. The third-order valence-electron chi connectivity index (χ3n) is 1.87. The van der Waals surface area contributed by atoms with E-state index in [0.717, 1.165) is 18.6 Å². The predicted molar refractivity (Wildman–Crippen MR) is 65.3 cm³/mol. The molecule has 76 valence electrons. The van der Waals surface area contributed by atoms with E-state index in [0.29, 0.717) is 5.57 Å². The highest BCUT2D eigenvalue weighted by Crippen LogP contribution is 1.99. The van der Waals surface area contributed by atoms with Crippen LogP contribution in [-0.2, 0) is 0 Å². The van der Waals surface area contributed by atoms with Gasteiger partial charge in [-0.15, -0.1) is 0 Å². The van der Waals surface area contributed by atoms with Gasteiger partial charge in [-0.2, -0.15) is 0 Å². The third-order valence-corrected chi connectivity index (χ3v) is 1.87. The molecule has 2 heteroatoms. The molecule has 0 aromatic rings. The maximum absolute atomic E-state index is 7.50. The number of hydrogen-bond donors (Lipinski definition) is 1. The molecule has 0 amide bonds. The van der Waals surface area contributed by atoms with Crippen molar-refractivity contribution in [2.75, 3.05) is 0 Å². The standard InChI is InChI=1S/C13H14N2/c1-11(2)13(14)9-8-12-7-5-3-4-6-10-15-12/h3-4,6,10,14H,1,5,7H2,2H3/b4-3-,10-6-,14-13?,15-12+. The summed E-state index contributed by atoms with van der Waals surface area (Å²) in [5.41, 5.74) is 1.78. The molecule has 2 nitrogen and oxygen atoms in total. The van der Waals surface area contributed by atoms with Crippen molar-refractivity contribution in [2.24, 2.45) is 4.99 Å². The number of allylic oxidation sites excluding steroid dienone is 4. The van der Waals surface area contributed by atoms with Crippen LogP contribution < -0.4 is 0 Å². The first-order chi connectivity index (χ1) is 7.20. The monoisotopic (exact) mass is 198 g/mol. The molecule has 0 aliphatic carbocycles. The number of aliphatic imine (C=N–C) groups is 1. The second-order valence-corrected chi connectivity index (χ2v) is 3.29. The molecule has 1 rings (SSSR count). The Hall–Kier alpha value is -1.88. The molecule has 0 atom stereocenters. The molecule has 0 fully saturated rings. The molecule has 0 spiro atoms. The Labute approximate surface area is 90.6 Å². The minimum atomic E-state index is 0.277. The molecule has 0 aromatic heterocycles. The van der Waals surface area contributed by atoms with E-state index in [4.69, 9.17) is 5.41 Å². The normalized spacial score (nSPS) is 22.1. The van der Waals surface area contributed by atoms with E-state index in [-0.39, 0.29) is 5.71 Å². The topological polar surface area (TPSA) is 36.2 Å². The van der Waals surface area contributed by atoms with Gasteiger partial charge < -0.3 is 0 Å². The summed E-state index contributed by atoms with van der Waals surface area (Å²) in [5.74, 6) is 5.64. The van der Waals surface area contributed by atoms with Crippen molar-refractivity contribution in [1.82, 2.24) is 0 Å². The van der Waals surface area contributed by atoms with E-state index < -0.39 is 0 Å². The highest BCUT2D eigenvalue weighted by Gasteiger charge is 1.95. The molecule has 1 N–H and O–H groups in total. The first kappa shape index (κ1) is 11.2. The van der Waals surface area contributed by atoms with Gasteiger partial charge in [0.2, 0.25) is 0 Å². The molecular formula is C13H14N2. The van der Waals surface area contributed by atoms with Crippen LogP contribution in [0.5, 0.6) is 0 Å².